The number of nitrogens with two attached hydrogens (primary N) is 1. The molecule has 0 aliphatic carbocycles. The van der Waals surface area contributed by atoms with Crippen LogP contribution < -0.4 is 11.1 Å². The molecule has 1 heterocycles. The van der Waals surface area contributed by atoms with E-state index in [2.05, 4.69) is 5.32 Å². The molecule has 2 rings (SSSR count). The van der Waals surface area contributed by atoms with Crippen molar-refractivity contribution in [3.05, 3.63) is 23.8 Å². The van der Waals surface area contributed by atoms with E-state index in [1.165, 1.54) is 4.90 Å². The molecule has 19 heavy (non-hydrogen) atoms. The zero-order valence-electron chi connectivity index (χ0n) is 11.6. The standard InChI is InChI=1S/C14H21N3O2/c1-9-12(6-7-19-9)16-13-5-4-10(8-11(13)15)14(18)17(2)3/h4-5,8-9,12,16H,6-7,15H2,1-3H3. The number of rotatable bonds is 3. The van der Waals surface area contributed by atoms with Crippen LogP contribution in [0.1, 0.15) is 23.7 Å². The zero-order chi connectivity index (χ0) is 14.0. The van der Waals surface area contributed by atoms with Crippen LogP contribution in [0.4, 0.5) is 11.4 Å². The van der Waals surface area contributed by atoms with Crippen molar-refractivity contribution < 1.29 is 9.53 Å². The van der Waals surface area contributed by atoms with Crippen LogP contribution in [-0.2, 0) is 4.74 Å². The Bertz CT molecular complexity index is 474. The molecule has 0 saturated carbocycles. The summed E-state index contributed by atoms with van der Waals surface area (Å²) >= 11 is 0. The van der Waals surface area contributed by atoms with Crippen molar-refractivity contribution in [1.29, 1.82) is 0 Å². The molecular weight excluding hydrogens is 242 g/mol. The molecule has 1 aromatic rings. The first kappa shape index (κ1) is 13.7. The van der Waals surface area contributed by atoms with Gasteiger partial charge in [-0.25, -0.2) is 0 Å². The van der Waals surface area contributed by atoms with Crippen molar-refractivity contribution in [1.82, 2.24) is 4.90 Å². The molecule has 0 bridgehead atoms. The monoisotopic (exact) mass is 263 g/mol. The van der Waals surface area contributed by atoms with E-state index in [9.17, 15) is 4.79 Å². The van der Waals surface area contributed by atoms with Gasteiger partial charge in [0, 0.05) is 26.3 Å². The van der Waals surface area contributed by atoms with Crippen LogP contribution in [-0.4, -0.2) is 43.7 Å². The summed E-state index contributed by atoms with van der Waals surface area (Å²) in [6.07, 6.45) is 1.15. The molecule has 1 saturated heterocycles. The first-order chi connectivity index (χ1) is 8.99. The maximum absolute atomic E-state index is 11.8. The molecule has 5 nitrogen and oxygen atoms in total. The van der Waals surface area contributed by atoms with Crippen LogP contribution in [0.2, 0.25) is 0 Å². The third-order valence-electron chi connectivity index (χ3n) is 3.42. The van der Waals surface area contributed by atoms with Crippen molar-refractivity contribution in [2.45, 2.75) is 25.5 Å². The molecule has 1 fully saturated rings. The van der Waals surface area contributed by atoms with Gasteiger partial charge < -0.3 is 20.7 Å². The number of nitrogens with zero attached hydrogens (tertiary/aromatic N) is 1. The summed E-state index contributed by atoms with van der Waals surface area (Å²) < 4.78 is 5.51. The quantitative estimate of drug-likeness (QED) is 0.812. The van der Waals surface area contributed by atoms with Gasteiger partial charge in [0.05, 0.1) is 23.5 Å². The lowest BCUT2D eigenvalue weighted by Gasteiger charge is -2.19. The third kappa shape index (κ3) is 2.98. The fraction of sp³-hybridized carbons (Fsp3) is 0.500. The Hall–Kier alpha value is -1.75. The average Bonchev–Trinajstić information content (AvgIpc) is 2.76. The van der Waals surface area contributed by atoms with Crippen molar-refractivity contribution >= 4 is 17.3 Å². The second-order valence-corrected chi connectivity index (χ2v) is 5.12. The van der Waals surface area contributed by atoms with Crippen LogP contribution in [0.3, 0.4) is 0 Å². The van der Waals surface area contributed by atoms with E-state index < -0.39 is 0 Å². The number of nitrogens with one attached hydrogen (secondary N) is 1. The summed E-state index contributed by atoms with van der Waals surface area (Å²) in [4.78, 5) is 13.4. The van der Waals surface area contributed by atoms with Gasteiger partial charge in [-0.15, -0.1) is 0 Å². The second kappa shape index (κ2) is 5.48. The van der Waals surface area contributed by atoms with Crippen molar-refractivity contribution in [2.75, 3.05) is 31.8 Å². The highest BCUT2D eigenvalue weighted by atomic mass is 16.5. The van der Waals surface area contributed by atoms with Crippen molar-refractivity contribution in [3.63, 3.8) is 0 Å². The number of hydrogen-bond donors (Lipinski definition) is 2. The number of anilines is 2. The van der Waals surface area contributed by atoms with Gasteiger partial charge >= 0.3 is 0 Å². The van der Waals surface area contributed by atoms with E-state index >= 15 is 0 Å². The van der Waals surface area contributed by atoms with E-state index in [1.54, 1.807) is 26.2 Å². The third-order valence-corrected chi connectivity index (χ3v) is 3.42. The Morgan fingerprint density at radius 2 is 2.21 bits per heavy atom. The summed E-state index contributed by atoms with van der Waals surface area (Å²) in [6, 6.07) is 5.64. The smallest absolute Gasteiger partial charge is 0.253 e. The van der Waals surface area contributed by atoms with Crippen LogP contribution in [0.5, 0.6) is 0 Å². The van der Waals surface area contributed by atoms with Gasteiger partial charge in [-0.05, 0) is 31.5 Å². The minimum Gasteiger partial charge on any atom is -0.397 e. The zero-order valence-corrected chi connectivity index (χ0v) is 11.6. The topological polar surface area (TPSA) is 67.6 Å². The van der Waals surface area contributed by atoms with E-state index in [0.29, 0.717) is 11.3 Å². The number of carbonyl (C=O) groups is 1. The van der Waals surface area contributed by atoms with E-state index in [-0.39, 0.29) is 18.1 Å². The molecule has 1 aliphatic heterocycles. The summed E-state index contributed by atoms with van der Waals surface area (Å²) in [6.45, 7) is 2.82. The molecule has 1 aromatic carbocycles. The molecule has 1 aliphatic rings. The lowest BCUT2D eigenvalue weighted by molar-refractivity contribution is 0.0827. The second-order valence-electron chi connectivity index (χ2n) is 5.12. The van der Waals surface area contributed by atoms with Gasteiger partial charge in [-0.1, -0.05) is 0 Å². The Labute approximate surface area is 113 Å². The summed E-state index contributed by atoms with van der Waals surface area (Å²) in [5.41, 5.74) is 8.06. The first-order valence-electron chi connectivity index (χ1n) is 6.48. The van der Waals surface area contributed by atoms with Crippen LogP contribution in [0.25, 0.3) is 0 Å². The molecule has 104 valence electrons. The molecule has 5 heteroatoms. The van der Waals surface area contributed by atoms with E-state index in [1.807, 2.05) is 13.0 Å². The summed E-state index contributed by atoms with van der Waals surface area (Å²) in [5, 5.41) is 3.38. The number of carbonyl (C=O) groups excluding carboxylic acids is 1. The van der Waals surface area contributed by atoms with Crippen LogP contribution in [0.15, 0.2) is 18.2 Å². The highest BCUT2D eigenvalue weighted by molar-refractivity contribution is 5.95. The number of hydrogen-bond acceptors (Lipinski definition) is 4. The largest absolute Gasteiger partial charge is 0.397 e. The number of nitrogen functional groups attached to an aromatic ring is 1. The molecule has 0 spiro atoms. The fourth-order valence-corrected chi connectivity index (χ4v) is 2.21. The van der Waals surface area contributed by atoms with Crippen LogP contribution in [0, 0.1) is 0 Å². The normalized spacial score (nSPS) is 22.3. The Balaban J connectivity index is 2.13. The number of benzene rings is 1. The van der Waals surface area contributed by atoms with Crippen molar-refractivity contribution in [3.8, 4) is 0 Å². The van der Waals surface area contributed by atoms with Crippen LogP contribution >= 0.6 is 0 Å². The Kier molecular flexibility index (Phi) is 3.95. The first-order valence-corrected chi connectivity index (χ1v) is 6.48. The lowest BCUT2D eigenvalue weighted by Crippen LogP contribution is -2.27. The van der Waals surface area contributed by atoms with Crippen molar-refractivity contribution in [2.24, 2.45) is 0 Å². The predicted octanol–water partition coefficient (Wildman–Crippen LogP) is 1.56. The fourth-order valence-electron chi connectivity index (χ4n) is 2.21. The van der Waals surface area contributed by atoms with E-state index in [0.717, 1.165) is 18.7 Å². The highest BCUT2D eigenvalue weighted by Gasteiger charge is 2.24. The molecule has 3 N–H and O–H groups in total. The molecule has 2 atom stereocenters. The molecule has 1 amide bonds. The minimum absolute atomic E-state index is 0.0455. The Morgan fingerprint density at radius 3 is 2.74 bits per heavy atom. The Morgan fingerprint density at radius 1 is 1.47 bits per heavy atom. The van der Waals surface area contributed by atoms with Gasteiger partial charge in [0.15, 0.2) is 0 Å². The van der Waals surface area contributed by atoms with Gasteiger partial charge in [0.2, 0.25) is 0 Å². The van der Waals surface area contributed by atoms with Gasteiger partial charge in [0.1, 0.15) is 0 Å². The van der Waals surface area contributed by atoms with Gasteiger partial charge in [-0.3, -0.25) is 4.79 Å². The maximum Gasteiger partial charge on any atom is 0.253 e. The molecule has 2 unspecified atom stereocenters. The maximum atomic E-state index is 11.8. The van der Waals surface area contributed by atoms with Gasteiger partial charge in [-0.2, -0.15) is 0 Å². The molecule has 0 radical (unpaired) electrons. The average molecular weight is 263 g/mol. The summed E-state index contributed by atoms with van der Waals surface area (Å²) in [7, 11) is 3.45. The number of ether oxygens (including phenoxy) is 1. The number of amides is 1. The SMILES string of the molecule is CC1OCCC1Nc1ccc(C(=O)N(C)C)cc1N. The molecular formula is C14H21N3O2. The summed E-state index contributed by atoms with van der Waals surface area (Å²) in [5.74, 6) is -0.0455. The predicted molar refractivity (Wildman–Crippen MR) is 76.3 cm³/mol. The molecule has 0 aromatic heterocycles. The minimum atomic E-state index is -0.0455. The lowest BCUT2D eigenvalue weighted by atomic mass is 10.1. The van der Waals surface area contributed by atoms with Gasteiger partial charge in [0.25, 0.3) is 5.91 Å². The highest BCUT2D eigenvalue weighted by Crippen LogP contribution is 2.25. The van der Waals surface area contributed by atoms with E-state index in [4.69, 9.17) is 10.5 Å².